The molecule has 1 atom stereocenters. The molecule has 128 valence electrons. The highest BCUT2D eigenvalue weighted by molar-refractivity contribution is 5.66. The van der Waals surface area contributed by atoms with Crippen molar-refractivity contribution in [2.24, 2.45) is 0 Å². The number of anilines is 2. The lowest BCUT2D eigenvalue weighted by Crippen LogP contribution is -2.35. The molecule has 2 aromatic heterocycles. The Kier molecular flexibility index (Phi) is 4.05. The van der Waals surface area contributed by atoms with Gasteiger partial charge in [-0.05, 0) is 30.5 Å². The quantitative estimate of drug-likeness (QED) is 0.767. The second kappa shape index (κ2) is 6.51. The van der Waals surface area contributed by atoms with Gasteiger partial charge in [-0.15, -0.1) is 0 Å². The summed E-state index contributed by atoms with van der Waals surface area (Å²) in [6, 6.07) is 8.33. The summed E-state index contributed by atoms with van der Waals surface area (Å²) in [6.45, 7) is 1.76. The van der Waals surface area contributed by atoms with Crippen LogP contribution in [-0.2, 0) is 0 Å². The van der Waals surface area contributed by atoms with Crippen LogP contribution in [0.4, 0.5) is 16.0 Å². The highest BCUT2D eigenvalue weighted by atomic mass is 19.1. The topological polar surface area (TPSA) is 83.7 Å². The molecule has 1 aliphatic rings. The molecule has 3 heterocycles. The third-order valence-corrected chi connectivity index (χ3v) is 4.65. The first kappa shape index (κ1) is 15.6. The van der Waals surface area contributed by atoms with Crippen LogP contribution < -0.4 is 10.6 Å². The minimum atomic E-state index is -0.237. The lowest BCUT2D eigenvalue weighted by atomic mass is 9.90. The number of piperidine rings is 1. The van der Waals surface area contributed by atoms with E-state index in [1.54, 1.807) is 18.2 Å². The van der Waals surface area contributed by atoms with E-state index in [0.29, 0.717) is 11.7 Å². The lowest BCUT2D eigenvalue weighted by molar-refractivity contribution is 0.498. The van der Waals surface area contributed by atoms with Crippen molar-refractivity contribution in [1.82, 2.24) is 20.2 Å². The van der Waals surface area contributed by atoms with Crippen LogP contribution in [0.25, 0.3) is 11.1 Å². The SMILES string of the molecule is Nc1cc(N2CCCC(c3[nH]ncc3-c3ccc(F)cc3)C2)ncn1. The van der Waals surface area contributed by atoms with Crippen molar-refractivity contribution in [3.63, 3.8) is 0 Å². The zero-order valence-electron chi connectivity index (χ0n) is 13.7. The number of nitrogens with one attached hydrogen (secondary N) is 1. The standard InChI is InChI=1S/C18H19FN6/c19-14-5-3-12(4-6-14)15-9-23-24-18(15)13-2-1-7-25(10-13)17-8-16(20)21-11-22-17/h3-6,8-9,11,13H,1-2,7,10H2,(H,23,24)(H2,20,21,22). The number of rotatable bonds is 3. The first-order valence-corrected chi connectivity index (χ1v) is 8.32. The molecule has 0 saturated carbocycles. The molecule has 7 heteroatoms. The molecule has 0 bridgehead atoms. The van der Waals surface area contributed by atoms with Crippen LogP contribution in [0.2, 0.25) is 0 Å². The molecule has 4 rings (SSSR count). The van der Waals surface area contributed by atoms with E-state index in [0.717, 1.165) is 48.6 Å². The Morgan fingerprint density at radius 1 is 1.20 bits per heavy atom. The van der Waals surface area contributed by atoms with E-state index in [9.17, 15) is 4.39 Å². The van der Waals surface area contributed by atoms with Crippen LogP contribution in [0.3, 0.4) is 0 Å². The molecule has 25 heavy (non-hydrogen) atoms. The van der Waals surface area contributed by atoms with E-state index in [1.807, 2.05) is 6.20 Å². The number of nitrogens with zero attached hydrogens (tertiary/aromatic N) is 4. The fraction of sp³-hybridized carbons (Fsp3) is 0.278. The van der Waals surface area contributed by atoms with Crippen LogP contribution >= 0.6 is 0 Å². The zero-order valence-corrected chi connectivity index (χ0v) is 13.7. The number of halogens is 1. The molecule has 1 unspecified atom stereocenters. The van der Waals surface area contributed by atoms with Crippen LogP contribution in [0, 0.1) is 5.82 Å². The Morgan fingerprint density at radius 3 is 2.84 bits per heavy atom. The molecule has 0 aliphatic carbocycles. The number of nitrogens with two attached hydrogens (primary N) is 1. The fourth-order valence-corrected chi connectivity index (χ4v) is 3.42. The van der Waals surface area contributed by atoms with E-state index < -0.39 is 0 Å². The van der Waals surface area contributed by atoms with E-state index in [2.05, 4.69) is 25.1 Å². The minimum absolute atomic E-state index is 0.237. The number of aromatic amines is 1. The smallest absolute Gasteiger partial charge is 0.134 e. The van der Waals surface area contributed by atoms with Crippen LogP contribution in [-0.4, -0.2) is 33.3 Å². The molecule has 6 nitrogen and oxygen atoms in total. The second-order valence-electron chi connectivity index (χ2n) is 6.29. The maximum absolute atomic E-state index is 13.2. The van der Waals surface area contributed by atoms with Gasteiger partial charge in [0.1, 0.15) is 23.8 Å². The predicted octanol–water partition coefficient (Wildman–Crippen LogP) is 2.97. The summed E-state index contributed by atoms with van der Waals surface area (Å²) >= 11 is 0. The summed E-state index contributed by atoms with van der Waals surface area (Å²) in [6.07, 6.45) is 5.42. The van der Waals surface area contributed by atoms with Crippen LogP contribution in [0.5, 0.6) is 0 Å². The van der Waals surface area contributed by atoms with Gasteiger partial charge in [0.15, 0.2) is 0 Å². The van der Waals surface area contributed by atoms with Crippen molar-refractivity contribution in [1.29, 1.82) is 0 Å². The summed E-state index contributed by atoms with van der Waals surface area (Å²) < 4.78 is 13.2. The van der Waals surface area contributed by atoms with Gasteiger partial charge in [-0.3, -0.25) is 5.10 Å². The molecular weight excluding hydrogens is 319 g/mol. The Morgan fingerprint density at radius 2 is 2.04 bits per heavy atom. The van der Waals surface area contributed by atoms with Crippen molar-refractivity contribution in [2.45, 2.75) is 18.8 Å². The Labute approximate surface area is 144 Å². The second-order valence-corrected chi connectivity index (χ2v) is 6.29. The number of benzene rings is 1. The molecule has 1 aliphatic heterocycles. The lowest BCUT2D eigenvalue weighted by Gasteiger charge is -2.33. The average Bonchev–Trinajstić information content (AvgIpc) is 3.12. The number of nitrogen functional groups attached to an aromatic ring is 1. The van der Waals surface area contributed by atoms with Gasteiger partial charge >= 0.3 is 0 Å². The summed E-state index contributed by atoms with van der Waals surface area (Å²) in [7, 11) is 0. The van der Waals surface area contributed by atoms with Gasteiger partial charge in [-0.25, -0.2) is 14.4 Å². The molecule has 0 radical (unpaired) electrons. The van der Waals surface area contributed by atoms with E-state index in [4.69, 9.17) is 5.73 Å². The number of aromatic nitrogens is 4. The van der Waals surface area contributed by atoms with Crippen molar-refractivity contribution in [3.05, 3.63) is 54.4 Å². The van der Waals surface area contributed by atoms with E-state index in [-0.39, 0.29) is 5.82 Å². The summed E-state index contributed by atoms with van der Waals surface area (Å²) in [5.74, 6) is 1.38. The fourth-order valence-electron chi connectivity index (χ4n) is 3.42. The maximum atomic E-state index is 13.2. The Balaban J connectivity index is 1.60. The predicted molar refractivity (Wildman–Crippen MR) is 94.6 cm³/mol. The number of hydrogen-bond acceptors (Lipinski definition) is 5. The molecule has 1 saturated heterocycles. The molecule has 0 spiro atoms. The van der Waals surface area contributed by atoms with Crippen LogP contribution in [0.15, 0.2) is 42.9 Å². The average molecular weight is 338 g/mol. The summed E-state index contributed by atoms with van der Waals surface area (Å²) in [5, 5.41) is 7.37. The highest BCUT2D eigenvalue weighted by Gasteiger charge is 2.26. The van der Waals surface area contributed by atoms with E-state index in [1.165, 1.54) is 18.5 Å². The number of H-pyrrole nitrogens is 1. The Bertz CT molecular complexity index is 860. The van der Waals surface area contributed by atoms with Gasteiger partial charge < -0.3 is 10.6 Å². The Hall–Kier alpha value is -2.96. The highest BCUT2D eigenvalue weighted by Crippen LogP contribution is 2.34. The largest absolute Gasteiger partial charge is 0.384 e. The normalized spacial score (nSPS) is 17.6. The molecule has 1 aromatic carbocycles. The maximum Gasteiger partial charge on any atom is 0.134 e. The molecule has 0 amide bonds. The summed E-state index contributed by atoms with van der Waals surface area (Å²) in [5.41, 5.74) is 8.85. The van der Waals surface area contributed by atoms with Crippen molar-refractivity contribution in [2.75, 3.05) is 23.7 Å². The van der Waals surface area contributed by atoms with Gasteiger partial charge in [-0.1, -0.05) is 12.1 Å². The van der Waals surface area contributed by atoms with Crippen molar-refractivity contribution < 1.29 is 4.39 Å². The molecule has 3 N–H and O–H groups in total. The first-order chi connectivity index (χ1) is 12.2. The van der Waals surface area contributed by atoms with Crippen molar-refractivity contribution in [3.8, 4) is 11.1 Å². The molecule has 3 aromatic rings. The molecule has 1 fully saturated rings. The first-order valence-electron chi connectivity index (χ1n) is 8.32. The van der Waals surface area contributed by atoms with E-state index >= 15 is 0 Å². The van der Waals surface area contributed by atoms with Gasteiger partial charge in [0.05, 0.1) is 6.20 Å². The summed E-state index contributed by atoms with van der Waals surface area (Å²) in [4.78, 5) is 10.5. The van der Waals surface area contributed by atoms with Gasteiger partial charge in [0.2, 0.25) is 0 Å². The van der Waals surface area contributed by atoms with Gasteiger partial charge in [0.25, 0.3) is 0 Å². The monoisotopic (exact) mass is 338 g/mol. The van der Waals surface area contributed by atoms with Gasteiger partial charge in [-0.2, -0.15) is 5.10 Å². The number of hydrogen-bond donors (Lipinski definition) is 2. The minimum Gasteiger partial charge on any atom is -0.384 e. The third-order valence-electron chi connectivity index (χ3n) is 4.65. The van der Waals surface area contributed by atoms with Crippen LogP contribution in [0.1, 0.15) is 24.5 Å². The zero-order chi connectivity index (χ0) is 17.2. The molecular formula is C18H19FN6. The van der Waals surface area contributed by atoms with Crippen molar-refractivity contribution >= 4 is 11.6 Å². The van der Waals surface area contributed by atoms with Gasteiger partial charge in [0, 0.05) is 36.3 Å². The third kappa shape index (κ3) is 3.17.